The third kappa shape index (κ3) is 3.94. The van der Waals surface area contributed by atoms with E-state index in [1.807, 2.05) is 20.8 Å². The second-order valence-electron chi connectivity index (χ2n) is 6.06. The van der Waals surface area contributed by atoms with Gasteiger partial charge in [-0.15, -0.1) is 0 Å². The highest BCUT2D eigenvalue weighted by molar-refractivity contribution is 6.29. The van der Waals surface area contributed by atoms with Gasteiger partial charge in [0.05, 0.1) is 0 Å². The lowest BCUT2D eigenvalue weighted by Gasteiger charge is -2.27. The Morgan fingerprint density at radius 1 is 1.43 bits per heavy atom. The molecule has 114 valence electrons. The summed E-state index contributed by atoms with van der Waals surface area (Å²) in [5.41, 5.74) is -0.126. The Labute approximate surface area is 129 Å². The van der Waals surface area contributed by atoms with Gasteiger partial charge in [-0.2, -0.15) is 0 Å². The molecule has 6 heteroatoms. The molecule has 1 atom stereocenters. The number of halogens is 1. The number of nitrogens with zero attached hydrogens (tertiary/aromatic N) is 2. The number of rotatable bonds is 2. The van der Waals surface area contributed by atoms with E-state index in [1.165, 1.54) is 12.3 Å². The number of esters is 1. The molecule has 1 fully saturated rings. The van der Waals surface area contributed by atoms with Crippen molar-refractivity contribution < 1.29 is 14.3 Å². The van der Waals surface area contributed by atoms with Crippen molar-refractivity contribution in [2.45, 2.75) is 45.3 Å². The molecule has 1 aromatic heterocycles. The maximum atomic E-state index is 12.5. The van der Waals surface area contributed by atoms with Gasteiger partial charge in [0.15, 0.2) is 0 Å². The van der Waals surface area contributed by atoms with E-state index in [0.717, 1.165) is 6.42 Å². The SMILES string of the molecule is CC(C)(C)OC(=O)[C@H]1CCCN1C(=O)c1ccnc(Cl)c1. The van der Waals surface area contributed by atoms with Crippen LogP contribution in [0.1, 0.15) is 44.0 Å². The van der Waals surface area contributed by atoms with Crippen LogP contribution in [0.4, 0.5) is 0 Å². The minimum atomic E-state index is -0.561. The number of carbonyl (C=O) groups excluding carboxylic acids is 2. The largest absolute Gasteiger partial charge is 0.458 e. The second kappa shape index (κ2) is 6.02. The van der Waals surface area contributed by atoms with E-state index in [-0.39, 0.29) is 17.0 Å². The summed E-state index contributed by atoms with van der Waals surface area (Å²) in [4.78, 5) is 30.1. The molecule has 2 heterocycles. The van der Waals surface area contributed by atoms with E-state index in [1.54, 1.807) is 11.0 Å². The molecule has 1 aliphatic heterocycles. The Kier molecular flexibility index (Phi) is 4.52. The van der Waals surface area contributed by atoms with Gasteiger partial charge in [-0.05, 0) is 45.7 Å². The molecule has 21 heavy (non-hydrogen) atoms. The fraction of sp³-hybridized carbons (Fsp3) is 0.533. The minimum Gasteiger partial charge on any atom is -0.458 e. The molecule has 0 aromatic carbocycles. The van der Waals surface area contributed by atoms with Gasteiger partial charge in [0.2, 0.25) is 0 Å². The molecule has 0 aliphatic carbocycles. The zero-order chi connectivity index (χ0) is 15.6. The summed E-state index contributed by atoms with van der Waals surface area (Å²) in [6.45, 7) is 5.99. The smallest absolute Gasteiger partial charge is 0.329 e. The van der Waals surface area contributed by atoms with Crippen LogP contribution in [0.3, 0.4) is 0 Å². The van der Waals surface area contributed by atoms with Crippen molar-refractivity contribution in [1.29, 1.82) is 0 Å². The van der Waals surface area contributed by atoms with Gasteiger partial charge in [-0.25, -0.2) is 9.78 Å². The highest BCUT2D eigenvalue weighted by Crippen LogP contribution is 2.23. The van der Waals surface area contributed by atoms with Crippen molar-refractivity contribution in [2.24, 2.45) is 0 Å². The molecule has 0 saturated carbocycles. The normalized spacial score (nSPS) is 18.7. The molecule has 1 aliphatic rings. The summed E-state index contributed by atoms with van der Waals surface area (Å²) >= 11 is 5.81. The monoisotopic (exact) mass is 310 g/mol. The number of hydrogen-bond donors (Lipinski definition) is 0. The Hall–Kier alpha value is -1.62. The molecule has 1 aromatic rings. The molecule has 0 spiro atoms. The van der Waals surface area contributed by atoms with E-state index in [4.69, 9.17) is 16.3 Å². The summed E-state index contributed by atoms with van der Waals surface area (Å²) in [5.74, 6) is -0.568. The lowest BCUT2D eigenvalue weighted by Crippen LogP contribution is -2.43. The highest BCUT2D eigenvalue weighted by Gasteiger charge is 2.37. The van der Waals surface area contributed by atoms with Gasteiger partial charge in [0, 0.05) is 18.3 Å². The lowest BCUT2D eigenvalue weighted by atomic mass is 10.1. The summed E-state index contributed by atoms with van der Waals surface area (Å²) in [6.07, 6.45) is 2.89. The quantitative estimate of drug-likeness (QED) is 0.622. The van der Waals surface area contributed by atoms with Crippen LogP contribution in [0.2, 0.25) is 5.15 Å². The maximum Gasteiger partial charge on any atom is 0.329 e. The summed E-state index contributed by atoms with van der Waals surface area (Å²) in [7, 11) is 0. The van der Waals surface area contributed by atoms with Crippen LogP contribution in [0.15, 0.2) is 18.3 Å². The molecule has 1 amide bonds. The molecule has 0 N–H and O–H groups in total. The van der Waals surface area contributed by atoms with Crippen molar-refractivity contribution in [1.82, 2.24) is 9.88 Å². The van der Waals surface area contributed by atoms with E-state index >= 15 is 0 Å². The molecular weight excluding hydrogens is 292 g/mol. The lowest BCUT2D eigenvalue weighted by molar-refractivity contribution is -0.159. The standard InChI is InChI=1S/C15H19ClN2O3/c1-15(2,3)21-14(20)11-5-4-8-18(11)13(19)10-6-7-17-12(16)9-10/h6-7,9,11H,4-5,8H2,1-3H3/t11-/m1/s1. The van der Waals surface area contributed by atoms with Gasteiger partial charge >= 0.3 is 5.97 Å². The van der Waals surface area contributed by atoms with E-state index in [0.29, 0.717) is 18.5 Å². The van der Waals surface area contributed by atoms with Crippen LogP contribution in [0, 0.1) is 0 Å². The second-order valence-corrected chi connectivity index (χ2v) is 6.44. The number of aromatic nitrogens is 1. The number of hydrogen-bond acceptors (Lipinski definition) is 4. The molecule has 0 radical (unpaired) electrons. The maximum absolute atomic E-state index is 12.5. The van der Waals surface area contributed by atoms with Crippen LogP contribution in [-0.4, -0.2) is 39.9 Å². The van der Waals surface area contributed by atoms with Gasteiger partial charge in [0.25, 0.3) is 5.91 Å². The van der Waals surface area contributed by atoms with Crippen LogP contribution < -0.4 is 0 Å². The third-order valence-corrected chi connectivity index (χ3v) is 3.37. The fourth-order valence-corrected chi connectivity index (χ4v) is 2.50. The van der Waals surface area contributed by atoms with Crippen molar-refractivity contribution >= 4 is 23.5 Å². The number of likely N-dealkylation sites (tertiary alicyclic amines) is 1. The van der Waals surface area contributed by atoms with Gasteiger partial charge in [-0.1, -0.05) is 11.6 Å². The summed E-state index contributed by atoms with van der Waals surface area (Å²) in [6, 6.07) is 2.58. The van der Waals surface area contributed by atoms with Crippen LogP contribution in [0.25, 0.3) is 0 Å². The zero-order valence-corrected chi connectivity index (χ0v) is 13.2. The molecule has 1 saturated heterocycles. The highest BCUT2D eigenvalue weighted by atomic mass is 35.5. The first-order valence-electron chi connectivity index (χ1n) is 6.93. The van der Waals surface area contributed by atoms with Crippen molar-refractivity contribution in [3.05, 3.63) is 29.0 Å². The van der Waals surface area contributed by atoms with Crippen LogP contribution >= 0.6 is 11.6 Å². The first kappa shape index (κ1) is 15.8. The average molecular weight is 311 g/mol. The molecular formula is C15H19ClN2O3. The third-order valence-electron chi connectivity index (χ3n) is 3.17. The van der Waals surface area contributed by atoms with Crippen molar-refractivity contribution in [3.63, 3.8) is 0 Å². The number of amides is 1. The number of ether oxygens (including phenoxy) is 1. The minimum absolute atomic E-state index is 0.215. The molecule has 0 unspecified atom stereocenters. The average Bonchev–Trinajstić information content (AvgIpc) is 2.85. The summed E-state index contributed by atoms with van der Waals surface area (Å²) < 4.78 is 5.39. The zero-order valence-electron chi connectivity index (χ0n) is 12.4. The van der Waals surface area contributed by atoms with E-state index in [9.17, 15) is 9.59 Å². The number of pyridine rings is 1. The topological polar surface area (TPSA) is 59.5 Å². The molecule has 0 bridgehead atoms. The first-order valence-corrected chi connectivity index (χ1v) is 7.31. The Bertz CT molecular complexity index is 554. The van der Waals surface area contributed by atoms with Crippen molar-refractivity contribution in [2.75, 3.05) is 6.54 Å². The van der Waals surface area contributed by atoms with E-state index in [2.05, 4.69) is 4.98 Å². The molecule has 2 rings (SSSR count). The first-order chi connectivity index (χ1) is 9.78. The van der Waals surface area contributed by atoms with Gasteiger partial charge in [0.1, 0.15) is 16.8 Å². The van der Waals surface area contributed by atoms with Crippen molar-refractivity contribution in [3.8, 4) is 0 Å². The molecule has 5 nitrogen and oxygen atoms in total. The number of carbonyl (C=O) groups is 2. The Balaban J connectivity index is 2.15. The Morgan fingerprint density at radius 2 is 2.14 bits per heavy atom. The van der Waals surface area contributed by atoms with Crippen LogP contribution in [-0.2, 0) is 9.53 Å². The van der Waals surface area contributed by atoms with E-state index < -0.39 is 11.6 Å². The fourth-order valence-electron chi connectivity index (χ4n) is 2.33. The van der Waals surface area contributed by atoms with Crippen LogP contribution in [0.5, 0.6) is 0 Å². The van der Waals surface area contributed by atoms with Gasteiger partial charge < -0.3 is 9.64 Å². The summed E-state index contributed by atoms with van der Waals surface area (Å²) in [5, 5.41) is 0.258. The van der Waals surface area contributed by atoms with Gasteiger partial charge in [-0.3, -0.25) is 4.79 Å². The predicted octanol–water partition coefficient (Wildman–Crippen LogP) is 2.68. The Morgan fingerprint density at radius 3 is 2.76 bits per heavy atom. The predicted molar refractivity (Wildman–Crippen MR) is 79.2 cm³/mol.